The molecular formula is C67H61N4OPt-3. The number of nitrogens with zero attached hydrogens (tertiary/aromatic N) is 4. The molecule has 1 aliphatic heterocycles. The van der Waals surface area contributed by atoms with Crippen LogP contribution in [-0.2, 0) is 37.3 Å². The normalized spacial score (nSPS) is 14.6. The van der Waals surface area contributed by atoms with Crippen LogP contribution in [0.25, 0.3) is 61.0 Å². The molecule has 0 atom stereocenters. The van der Waals surface area contributed by atoms with Crippen LogP contribution in [0.1, 0.15) is 95.5 Å². The summed E-state index contributed by atoms with van der Waals surface area (Å²) in [5.41, 5.74) is 12.4. The zero-order chi connectivity index (χ0) is 57.0. The summed E-state index contributed by atoms with van der Waals surface area (Å²) in [6.07, 6.45) is 1.28. The third-order valence-corrected chi connectivity index (χ3v) is 13.6. The van der Waals surface area contributed by atoms with Gasteiger partial charge in [-0.1, -0.05) is 177 Å². The molecule has 3 heterocycles. The van der Waals surface area contributed by atoms with Gasteiger partial charge >= 0.3 is 0 Å². The van der Waals surface area contributed by atoms with E-state index < -0.39 is 37.1 Å². The van der Waals surface area contributed by atoms with E-state index in [1.165, 1.54) is 29.0 Å². The van der Waals surface area contributed by atoms with E-state index in [1.807, 2.05) is 54.6 Å². The summed E-state index contributed by atoms with van der Waals surface area (Å²) in [5, 5.41) is 1.67. The van der Waals surface area contributed by atoms with Crippen molar-refractivity contribution in [1.29, 1.82) is 0 Å². The van der Waals surface area contributed by atoms with Crippen molar-refractivity contribution in [3.8, 4) is 50.7 Å². The van der Waals surface area contributed by atoms with Crippen LogP contribution in [0.3, 0.4) is 0 Å². The van der Waals surface area contributed by atoms with Gasteiger partial charge in [-0.05, 0) is 104 Å². The summed E-state index contributed by atoms with van der Waals surface area (Å²) in [5.74, 6) is 1.04. The monoisotopic (exact) mass is 1140 g/mol. The number of para-hydroxylation sites is 3. The van der Waals surface area contributed by atoms with Crippen LogP contribution < -0.4 is 14.5 Å². The van der Waals surface area contributed by atoms with Crippen LogP contribution in [-0.4, -0.2) is 9.55 Å². The van der Waals surface area contributed by atoms with Gasteiger partial charge in [-0.2, -0.15) is 12.1 Å². The van der Waals surface area contributed by atoms with E-state index in [2.05, 4.69) is 176 Å². The Balaban J connectivity index is 0.00000736. The topological polar surface area (TPSA) is 33.5 Å². The molecule has 11 rings (SSSR count). The van der Waals surface area contributed by atoms with E-state index in [9.17, 15) is 0 Å². The first-order valence-corrected chi connectivity index (χ1v) is 24.4. The predicted octanol–water partition coefficient (Wildman–Crippen LogP) is 18.2. The number of ether oxygens (including phenoxy) is 1. The van der Waals surface area contributed by atoms with Crippen LogP contribution >= 0.6 is 0 Å². The van der Waals surface area contributed by atoms with Gasteiger partial charge in [0, 0.05) is 82.1 Å². The number of aromatic nitrogens is 2. The Hall–Kier alpha value is -7.20. The number of rotatable bonds is 8. The first-order chi connectivity index (χ1) is 37.8. The first-order valence-electron chi connectivity index (χ1n) is 28.4. The van der Waals surface area contributed by atoms with Crippen molar-refractivity contribution < 1.29 is 36.8 Å². The average Bonchev–Trinajstić information content (AvgIpc) is 4.21. The average molecular weight is 1140 g/mol. The Bertz CT molecular complexity index is 4040. The Morgan fingerprint density at radius 1 is 0.548 bits per heavy atom. The van der Waals surface area contributed by atoms with Crippen molar-refractivity contribution in [3.63, 3.8) is 0 Å². The van der Waals surface area contributed by atoms with Crippen molar-refractivity contribution in [2.75, 3.05) is 9.80 Å². The summed E-state index contributed by atoms with van der Waals surface area (Å²) in [7, 11) is 0. The number of hydrogen-bond donors (Lipinski definition) is 0. The molecule has 0 amide bonds. The van der Waals surface area contributed by atoms with Gasteiger partial charge in [-0.25, -0.2) is 4.98 Å². The van der Waals surface area contributed by atoms with E-state index in [0.717, 1.165) is 61.3 Å². The standard InChI is InChI=1S/C67H61N4O.Pt/c1-44-34-63(68-42-58(44)46-24-15-12-16-25-46)71-59-29-18-17-28-54(59)55-33-32-53(41-62(55)71)72-52-27-21-26-51(40-52)69-43-70(61-31-20-19-30-60(61)69)64-56(45-22-13-11-14-23-45)38-50(67(8,9)10)39-57(64)47-35-48(65(2,3)4)37-49(36-47)66(5,6)7;/h11-39,42-43H,1-10H3;/q-3;/i1D3,12D,15D,16D,24D,25D;. The number of fused-ring (bicyclic) bond motifs is 4. The fourth-order valence-electron chi connectivity index (χ4n) is 9.59. The first kappa shape index (κ1) is 40.3. The van der Waals surface area contributed by atoms with Crippen molar-refractivity contribution in [2.45, 2.75) is 85.4 Å². The number of aryl methyl sites for hydroxylation is 1. The largest absolute Gasteiger partial charge is 0.509 e. The van der Waals surface area contributed by atoms with Crippen molar-refractivity contribution >= 4 is 44.6 Å². The summed E-state index contributed by atoms with van der Waals surface area (Å²) in [6, 6.07) is 53.9. The van der Waals surface area contributed by atoms with Gasteiger partial charge in [0.2, 0.25) is 0 Å². The minimum absolute atomic E-state index is 0. The van der Waals surface area contributed by atoms with Gasteiger partial charge in [-0.3, -0.25) is 0 Å². The minimum atomic E-state index is -2.75. The fourth-order valence-corrected chi connectivity index (χ4v) is 9.59. The van der Waals surface area contributed by atoms with E-state index in [0.29, 0.717) is 17.0 Å². The second-order valence-corrected chi connectivity index (χ2v) is 21.7. The van der Waals surface area contributed by atoms with E-state index in [4.69, 9.17) is 20.7 Å². The van der Waals surface area contributed by atoms with Crippen LogP contribution in [0.2, 0.25) is 0 Å². The van der Waals surface area contributed by atoms with E-state index >= 15 is 0 Å². The smallest absolute Gasteiger partial charge is 0.135 e. The Labute approximate surface area is 457 Å². The zero-order valence-corrected chi connectivity index (χ0v) is 44.8. The molecule has 0 bridgehead atoms. The molecule has 0 saturated carbocycles. The summed E-state index contributed by atoms with van der Waals surface area (Å²) < 4.78 is 76.4. The summed E-state index contributed by atoms with van der Waals surface area (Å²) in [6.45, 7) is 19.9. The maximum Gasteiger partial charge on any atom is 0.135 e. The van der Waals surface area contributed by atoms with Gasteiger partial charge < -0.3 is 19.1 Å². The quantitative estimate of drug-likeness (QED) is 0.142. The molecular weight excluding hydrogens is 1070 g/mol. The van der Waals surface area contributed by atoms with Crippen LogP contribution in [0.4, 0.5) is 22.7 Å². The predicted molar refractivity (Wildman–Crippen MR) is 301 cm³/mol. The van der Waals surface area contributed by atoms with Crippen molar-refractivity contribution in [1.82, 2.24) is 9.55 Å². The Morgan fingerprint density at radius 2 is 1.16 bits per heavy atom. The maximum atomic E-state index is 8.66. The molecule has 0 N–H and O–H groups in total. The van der Waals surface area contributed by atoms with Crippen molar-refractivity contribution in [2.24, 2.45) is 0 Å². The van der Waals surface area contributed by atoms with Crippen LogP contribution in [0.5, 0.6) is 11.5 Å². The third-order valence-electron chi connectivity index (χ3n) is 13.6. The molecule has 73 heavy (non-hydrogen) atoms. The summed E-state index contributed by atoms with van der Waals surface area (Å²) in [4.78, 5) is 9.21. The van der Waals surface area contributed by atoms with Crippen molar-refractivity contribution in [3.05, 3.63) is 223 Å². The molecule has 8 aromatic carbocycles. The van der Waals surface area contributed by atoms with E-state index in [-0.39, 0.29) is 59.8 Å². The molecule has 0 spiro atoms. The summed E-state index contributed by atoms with van der Waals surface area (Å²) >= 11 is 0. The number of anilines is 4. The molecule has 368 valence electrons. The molecule has 6 heteroatoms. The zero-order valence-electron chi connectivity index (χ0n) is 50.5. The molecule has 5 nitrogen and oxygen atoms in total. The number of benzene rings is 8. The molecule has 0 radical (unpaired) electrons. The second-order valence-electron chi connectivity index (χ2n) is 21.7. The molecule has 10 aromatic rings. The van der Waals surface area contributed by atoms with Gasteiger partial charge in [0.25, 0.3) is 0 Å². The fraction of sp³-hybridized carbons (Fsp3) is 0.194. The maximum absolute atomic E-state index is 8.66. The third kappa shape index (κ3) is 9.41. The molecule has 2 aromatic heterocycles. The molecule has 0 saturated heterocycles. The van der Waals surface area contributed by atoms with Gasteiger partial charge in [0.05, 0.1) is 6.85 Å². The van der Waals surface area contributed by atoms with Gasteiger partial charge in [0.15, 0.2) is 0 Å². The number of pyridine rings is 1. The molecule has 0 fully saturated rings. The van der Waals surface area contributed by atoms with Gasteiger partial charge in [0.1, 0.15) is 5.82 Å². The van der Waals surface area contributed by atoms with Gasteiger partial charge in [-0.15, -0.1) is 48.1 Å². The number of hydrogen-bond acceptors (Lipinski definition) is 4. The van der Waals surface area contributed by atoms with Crippen LogP contribution in [0, 0.1) is 25.7 Å². The van der Waals surface area contributed by atoms with E-state index in [1.54, 1.807) is 4.57 Å². The second kappa shape index (κ2) is 19.0. The SMILES string of the molecule is [2H]c1c([2H])c([2H])c(-c2cnc(-n3c4[c-]c(Oc5[c-]c(N6[CH-]N(c7c(-c8ccccc8)cc(C(C)(C)C)cc7-c7cc(C(C)(C)C)cc(C(C)(C)C)c7)c7ccccc76)ccc5)ccc4c4ccccc43)cc2C([2H])([2H])[2H])c([2H])c1[2H].[Pt]. The Kier molecular flexibility index (Phi) is 10.5. The molecule has 0 unspecified atom stereocenters. The minimum Gasteiger partial charge on any atom is -0.509 e. The van der Waals surface area contributed by atoms with Crippen LogP contribution in [0.15, 0.2) is 182 Å². The Morgan fingerprint density at radius 3 is 1.85 bits per heavy atom. The molecule has 0 aliphatic carbocycles. The molecule has 1 aliphatic rings.